The molecule has 106 valence electrons. The van der Waals surface area contributed by atoms with Crippen molar-refractivity contribution in [2.24, 2.45) is 10.9 Å². The van der Waals surface area contributed by atoms with Crippen LogP contribution in [0.25, 0.3) is 0 Å². The third-order valence-corrected chi connectivity index (χ3v) is 2.98. The number of hydrogen-bond acceptors (Lipinski definition) is 4. The number of amidine groups is 1. The van der Waals surface area contributed by atoms with E-state index in [9.17, 15) is 0 Å². The molecule has 19 heavy (non-hydrogen) atoms. The standard InChI is InChI=1S/C14H23N3O2/c1-3-4-5-6-7-10-19-14-12(13(15)17-18)11(2)8-9-16-14/h8-9,18H,3-7,10H2,1-2H3,(H2,15,17). The van der Waals surface area contributed by atoms with Gasteiger partial charge in [0.05, 0.1) is 12.2 Å². The van der Waals surface area contributed by atoms with Crippen molar-refractivity contribution in [3.63, 3.8) is 0 Å². The zero-order chi connectivity index (χ0) is 14.1. The van der Waals surface area contributed by atoms with Crippen LogP contribution in [0.2, 0.25) is 0 Å². The van der Waals surface area contributed by atoms with E-state index < -0.39 is 0 Å². The van der Waals surface area contributed by atoms with Crippen molar-refractivity contribution in [3.05, 3.63) is 23.4 Å². The molecule has 0 radical (unpaired) electrons. The summed E-state index contributed by atoms with van der Waals surface area (Å²) in [5.74, 6) is 0.470. The van der Waals surface area contributed by atoms with Crippen molar-refractivity contribution in [3.8, 4) is 5.88 Å². The lowest BCUT2D eigenvalue weighted by atomic mass is 10.1. The van der Waals surface area contributed by atoms with Crippen molar-refractivity contribution in [1.29, 1.82) is 0 Å². The first-order chi connectivity index (χ1) is 9.20. The lowest BCUT2D eigenvalue weighted by molar-refractivity contribution is 0.291. The van der Waals surface area contributed by atoms with E-state index >= 15 is 0 Å². The second-order valence-corrected chi connectivity index (χ2v) is 4.56. The molecular weight excluding hydrogens is 242 g/mol. The van der Waals surface area contributed by atoms with Crippen LogP contribution in [0, 0.1) is 6.92 Å². The molecule has 0 bridgehead atoms. The van der Waals surface area contributed by atoms with E-state index in [4.69, 9.17) is 15.7 Å². The first-order valence-electron chi connectivity index (χ1n) is 6.77. The van der Waals surface area contributed by atoms with Gasteiger partial charge < -0.3 is 15.7 Å². The van der Waals surface area contributed by atoms with Crippen LogP contribution in [0.1, 0.15) is 50.2 Å². The Bertz CT molecular complexity index is 419. The SMILES string of the molecule is CCCCCCCOc1nccc(C)c1/C(N)=N/O. The van der Waals surface area contributed by atoms with Crippen LogP contribution >= 0.6 is 0 Å². The summed E-state index contributed by atoms with van der Waals surface area (Å²) in [6.07, 6.45) is 7.53. The second kappa shape index (κ2) is 8.34. The van der Waals surface area contributed by atoms with Gasteiger partial charge in [-0.2, -0.15) is 0 Å². The van der Waals surface area contributed by atoms with Gasteiger partial charge in [0.2, 0.25) is 5.88 Å². The zero-order valence-corrected chi connectivity index (χ0v) is 11.7. The van der Waals surface area contributed by atoms with Crippen LogP contribution in [0.5, 0.6) is 5.88 Å². The van der Waals surface area contributed by atoms with Crippen LogP contribution in [-0.2, 0) is 0 Å². The molecule has 0 saturated heterocycles. The Labute approximate surface area is 114 Å². The highest BCUT2D eigenvalue weighted by atomic mass is 16.5. The molecule has 0 saturated carbocycles. The molecule has 5 heteroatoms. The van der Waals surface area contributed by atoms with E-state index in [2.05, 4.69) is 17.1 Å². The Morgan fingerprint density at radius 1 is 1.37 bits per heavy atom. The number of unbranched alkanes of at least 4 members (excludes halogenated alkanes) is 4. The number of oxime groups is 1. The molecule has 0 aliphatic carbocycles. The fraction of sp³-hybridized carbons (Fsp3) is 0.571. The normalized spacial score (nSPS) is 11.6. The topological polar surface area (TPSA) is 80.7 Å². The summed E-state index contributed by atoms with van der Waals surface area (Å²) in [7, 11) is 0. The minimum atomic E-state index is 0.0339. The summed E-state index contributed by atoms with van der Waals surface area (Å²) in [5, 5.41) is 11.8. The molecule has 1 heterocycles. The molecule has 0 amide bonds. The zero-order valence-electron chi connectivity index (χ0n) is 11.7. The number of nitrogens with two attached hydrogens (primary N) is 1. The van der Waals surface area contributed by atoms with Crippen LogP contribution in [0.15, 0.2) is 17.4 Å². The molecule has 5 nitrogen and oxygen atoms in total. The van der Waals surface area contributed by atoms with Crippen LogP contribution in [0.3, 0.4) is 0 Å². The fourth-order valence-electron chi connectivity index (χ4n) is 1.88. The summed E-state index contributed by atoms with van der Waals surface area (Å²) in [6.45, 7) is 4.67. The third kappa shape index (κ3) is 4.77. The first kappa shape index (κ1) is 15.3. The molecule has 0 unspecified atom stereocenters. The van der Waals surface area contributed by atoms with Gasteiger partial charge in [-0.05, 0) is 25.0 Å². The van der Waals surface area contributed by atoms with Gasteiger partial charge in [0.25, 0.3) is 0 Å². The smallest absolute Gasteiger partial charge is 0.224 e. The molecule has 1 aromatic heterocycles. The molecular formula is C14H23N3O2. The molecule has 0 atom stereocenters. The maximum absolute atomic E-state index is 8.79. The van der Waals surface area contributed by atoms with E-state index in [0.29, 0.717) is 18.1 Å². The van der Waals surface area contributed by atoms with Gasteiger partial charge in [0.1, 0.15) is 0 Å². The van der Waals surface area contributed by atoms with Crippen molar-refractivity contribution in [2.45, 2.75) is 46.0 Å². The van der Waals surface area contributed by atoms with Gasteiger partial charge in [-0.1, -0.05) is 37.8 Å². The molecule has 3 N–H and O–H groups in total. The van der Waals surface area contributed by atoms with Crippen molar-refractivity contribution < 1.29 is 9.94 Å². The summed E-state index contributed by atoms with van der Waals surface area (Å²) in [5.41, 5.74) is 7.09. The Morgan fingerprint density at radius 2 is 2.11 bits per heavy atom. The Balaban J connectivity index is 2.56. The lowest BCUT2D eigenvalue weighted by Gasteiger charge is -2.11. The van der Waals surface area contributed by atoms with Crippen LogP contribution in [0.4, 0.5) is 0 Å². The van der Waals surface area contributed by atoms with E-state index in [-0.39, 0.29) is 5.84 Å². The number of nitrogens with zero attached hydrogens (tertiary/aromatic N) is 2. The van der Waals surface area contributed by atoms with Crippen LogP contribution < -0.4 is 10.5 Å². The third-order valence-electron chi connectivity index (χ3n) is 2.98. The van der Waals surface area contributed by atoms with Gasteiger partial charge in [0, 0.05) is 6.20 Å². The van der Waals surface area contributed by atoms with E-state index in [1.54, 1.807) is 6.20 Å². The highest BCUT2D eigenvalue weighted by Crippen LogP contribution is 2.19. The maximum Gasteiger partial charge on any atom is 0.224 e. The molecule has 0 aliphatic rings. The first-order valence-corrected chi connectivity index (χ1v) is 6.77. The molecule has 0 aliphatic heterocycles. The number of ether oxygens (including phenoxy) is 1. The van der Waals surface area contributed by atoms with Gasteiger partial charge in [0.15, 0.2) is 5.84 Å². The van der Waals surface area contributed by atoms with Gasteiger partial charge in [-0.3, -0.25) is 0 Å². The monoisotopic (exact) mass is 265 g/mol. The summed E-state index contributed by atoms with van der Waals surface area (Å²) >= 11 is 0. The molecule has 0 spiro atoms. The van der Waals surface area contributed by atoms with Crippen LogP contribution in [-0.4, -0.2) is 22.6 Å². The minimum Gasteiger partial charge on any atom is -0.477 e. The number of rotatable bonds is 8. The Hall–Kier alpha value is -1.78. The average molecular weight is 265 g/mol. The highest BCUT2D eigenvalue weighted by Gasteiger charge is 2.12. The minimum absolute atomic E-state index is 0.0339. The number of aromatic nitrogens is 1. The highest BCUT2D eigenvalue weighted by molar-refractivity contribution is 6.00. The van der Waals surface area contributed by atoms with Gasteiger partial charge >= 0.3 is 0 Å². The van der Waals surface area contributed by atoms with Gasteiger partial charge in [-0.25, -0.2) is 4.98 Å². The molecule has 1 aromatic rings. The summed E-state index contributed by atoms with van der Waals surface area (Å²) < 4.78 is 5.64. The number of hydrogen-bond donors (Lipinski definition) is 2. The van der Waals surface area contributed by atoms with Gasteiger partial charge in [-0.15, -0.1) is 0 Å². The lowest BCUT2D eigenvalue weighted by Crippen LogP contribution is -2.17. The van der Waals surface area contributed by atoms with Crippen molar-refractivity contribution >= 4 is 5.84 Å². The summed E-state index contributed by atoms with van der Waals surface area (Å²) in [6, 6.07) is 1.81. The average Bonchev–Trinajstić information content (AvgIpc) is 2.42. The quantitative estimate of drug-likeness (QED) is 0.249. The fourth-order valence-corrected chi connectivity index (χ4v) is 1.88. The van der Waals surface area contributed by atoms with E-state index in [1.807, 2.05) is 13.0 Å². The molecule has 1 rings (SSSR count). The van der Waals surface area contributed by atoms with Crippen molar-refractivity contribution in [2.75, 3.05) is 6.61 Å². The second-order valence-electron chi connectivity index (χ2n) is 4.56. The molecule has 0 aromatic carbocycles. The Morgan fingerprint density at radius 3 is 2.79 bits per heavy atom. The number of pyridine rings is 1. The van der Waals surface area contributed by atoms with Crippen molar-refractivity contribution in [1.82, 2.24) is 4.98 Å². The maximum atomic E-state index is 8.79. The van der Waals surface area contributed by atoms with E-state index in [0.717, 1.165) is 18.4 Å². The predicted octanol–water partition coefficient (Wildman–Crippen LogP) is 2.83. The summed E-state index contributed by atoms with van der Waals surface area (Å²) in [4.78, 5) is 4.15. The largest absolute Gasteiger partial charge is 0.477 e. The number of aryl methyl sites for hydroxylation is 1. The molecule has 0 fully saturated rings. The Kier molecular flexibility index (Phi) is 6.71. The van der Waals surface area contributed by atoms with E-state index in [1.165, 1.54) is 19.3 Å². The predicted molar refractivity (Wildman–Crippen MR) is 75.7 cm³/mol.